The van der Waals surface area contributed by atoms with Crippen LogP contribution in [0.2, 0.25) is 0 Å². The molecule has 1 aliphatic heterocycles. The maximum absolute atomic E-state index is 10.8. The molecular weight excluding hydrogens is 282 g/mol. The van der Waals surface area contributed by atoms with Crippen LogP contribution < -0.4 is 10.6 Å². The van der Waals surface area contributed by atoms with Crippen LogP contribution in [0.5, 0.6) is 0 Å². The third-order valence-electron chi connectivity index (χ3n) is 3.17. The van der Waals surface area contributed by atoms with Crippen LogP contribution in [0.3, 0.4) is 0 Å². The van der Waals surface area contributed by atoms with E-state index in [1.165, 1.54) is 21.8 Å². The minimum atomic E-state index is -1.05. The van der Waals surface area contributed by atoms with Gasteiger partial charge in [0.1, 0.15) is 6.04 Å². The average molecular weight is 295 g/mol. The number of fused-ring (bicyclic) bond motifs is 1. The number of aliphatic carboxylic acids is 1. The smallest absolute Gasteiger partial charge is 0.326 e. The second kappa shape index (κ2) is 4.92. The molecule has 3 N–H and O–H groups in total. The number of carboxylic acid groups (broad SMARTS) is 1. The zero-order valence-electron chi connectivity index (χ0n) is 10.1. The number of nitrogens with two attached hydrogens (primary N) is 1. The fourth-order valence-corrected chi connectivity index (χ4v) is 3.88. The molecule has 3 rings (SSSR count). The zero-order chi connectivity index (χ0) is 13.4. The molecule has 1 aliphatic rings. The Morgan fingerprint density at radius 2 is 2.37 bits per heavy atom. The van der Waals surface area contributed by atoms with Gasteiger partial charge >= 0.3 is 5.97 Å². The topological polar surface area (TPSA) is 79.5 Å². The van der Waals surface area contributed by atoms with Gasteiger partial charge in [0.05, 0.1) is 5.69 Å². The molecule has 0 bridgehead atoms. The SMILES string of the molecule is NC(C(=O)O)c1csc(N2CCc3sccc3C2)n1. The number of carboxylic acids is 1. The van der Waals surface area contributed by atoms with Crippen molar-refractivity contribution in [3.8, 4) is 0 Å². The average Bonchev–Trinajstić information content (AvgIpc) is 3.05. The number of carbonyl (C=O) groups is 1. The minimum Gasteiger partial charge on any atom is -0.480 e. The molecule has 0 spiro atoms. The Morgan fingerprint density at radius 1 is 1.53 bits per heavy atom. The number of anilines is 1. The van der Waals surface area contributed by atoms with Crippen molar-refractivity contribution < 1.29 is 9.90 Å². The Balaban J connectivity index is 1.79. The maximum Gasteiger partial charge on any atom is 0.326 e. The van der Waals surface area contributed by atoms with Gasteiger partial charge in [-0.2, -0.15) is 0 Å². The summed E-state index contributed by atoms with van der Waals surface area (Å²) in [5.74, 6) is -1.05. The molecule has 0 saturated heterocycles. The number of thiazole rings is 1. The third kappa shape index (κ3) is 2.36. The normalized spacial score (nSPS) is 16.2. The molecule has 0 fully saturated rings. The lowest BCUT2D eigenvalue weighted by molar-refractivity contribution is -0.138. The number of nitrogens with zero attached hydrogens (tertiary/aromatic N) is 2. The van der Waals surface area contributed by atoms with E-state index >= 15 is 0 Å². The van der Waals surface area contributed by atoms with Crippen LogP contribution in [0.4, 0.5) is 5.13 Å². The van der Waals surface area contributed by atoms with Gasteiger partial charge in [0.2, 0.25) is 0 Å². The Bertz CT molecular complexity index is 608. The molecule has 1 unspecified atom stereocenters. The molecular formula is C12H13N3O2S2. The van der Waals surface area contributed by atoms with Crippen LogP contribution in [0, 0.1) is 0 Å². The van der Waals surface area contributed by atoms with Crippen molar-refractivity contribution in [2.75, 3.05) is 11.4 Å². The molecule has 100 valence electrons. The van der Waals surface area contributed by atoms with Crippen molar-refractivity contribution in [1.29, 1.82) is 0 Å². The van der Waals surface area contributed by atoms with E-state index in [1.807, 2.05) is 0 Å². The summed E-state index contributed by atoms with van der Waals surface area (Å²) in [6.45, 7) is 1.76. The Labute approximate surface area is 118 Å². The summed E-state index contributed by atoms with van der Waals surface area (Å²) in [6, 6.07) is 1.11. The van der Waals surface area contributed by atoms with Gasteiger partial charge in [0, 0.05) is 23.3 Å². The number of hydrogen-bond acceptors (Lipinski definition) is 6. The Kier molecular flexibility index (Phi) is 3.26. The molecule has 0 aromatic carbocycles. The predicted octanol–water partition coefficient (Wildman–Crippen LogP) is 1.85. The molecule has 2 aromatic rings. The fourth-order valence-electron chi connectivity index (χ4n) is 2.10. The standard InChI is InChI=1S/C12H13N3O2S2/c13-10(11(16)17)8-6-19-12(14-8)15-3-1-9-7(5-15)2-4-18-9/h2,4,6,10H,1,3,5,13H2,(H,16,17). The molecule has 0 amide bonds. The molecule has 0 aliphatic carbocycles. The molecule has 5 nitrogen and oxygen atoms in total. The molecule has 3 heterocycles. The van der Waals surface area contributed by atoms with E-state index in [9.17, 15) is 4.79 Å². The first-order chi connectivity index (χ1) is 9.15. The van der Waals surface area contributed by atoms with Gasteiger partial charge in [-0.1, -0.05) is 0 Å². The van der Waals surface area contributed by atoms with E-state index < -0.39 is 12.0 Å². The van der Waals surface area contributed by atoms with E-state index in [-0.39, 0.29) is 0 Å². The van der Waals surface area contributed by atoms with E-state index in [0.717, 1.165) is 24.6 Å². The van der Waals surface area contributed by atoms with Gasteiger partial charge in [0.25, 0.3) is 0 Å². The van der Waals surface area contributed by atoms with Crippen molar-refractivity contribution in [3.63, 3.8) is 0 Å². The Hall–Kier alpha value is -1.44. The molecule has 0 saturated carbocycles. The van der Waals surface area contributed by atoms with Crippen LogP contribution in [-0.4, -0.2) is 22.6 Å². The Morgan fingerprint density at radius 3 is 3.16 bits per heavy atom. The van der Waals surface area contributed by atoms with Gasteiger partial charge in [0.15, 0.2) is 5.13 Å². The van der Waals surface area contributed by atoms with Crippen molar-refractivity contribution in [1.82, 2.24) is 4.98 Å². The third-order valence-corrected chi connectivity index (χ3v) is 5.12. The van der Waals surface area contributed by atoms with E-state index in [4.69, 9.17) is 10.8 Å². The maximum atomic E-state index is 10.8. The predicted molar refractivity (Wildman–Crippen MR) is 75.8 cm³/mol. The summed E-state index contributed by atoms with van der Waals surface area (Å²) in [5.41, 5.74) is 7.35. The fraction of sp³-hybridized carbons (Fsp3) is 0.333. The van der Waals surface area contributed by atoms with Gasteiger partial charge in [-0.3, -0.25) is 4.79 Å². The number of hydrogen-bond donors (Lipinski definition) is 2. The van der Waals surface area contributed by atoms with Gasteiger partial charge in [-0.25, -0.2) is 4.98 Å². The van der Waals surface area contributed by atoms with Gasteiger partial charge < -0.3 is 15.7 Å². The summed E-state index contributed by atoms with van der Waals surface area (Å²) in [4.78, 5) is 18.8. The molecule has 19 heavy (non-hydrogen) atoms. The van der Waals surface area contributed by atoms with Gasteiger partial charge in [-0.15, -0.1) is 22.7 Å². The first-order valence-corrected chi connectivity index (χ1v) is 7.65. The van der Waals surface area contributed by atoms with Crippen molar-refractivity contribution in [2.45, 2.75) is 19.0 Å². The molecule has 7 heteroatoms. The van der Waals surface area contributed by atoms with Crippen LogP contribution in [0.1, 0.15) is 22.2 Å². The highest BCUT2D eigenvalue weighted by atomic mass is 32.1. The highest BCUT2D eigenvalue weighted by Gasteiger charge is 2.22. The van der Waals surface area contributed by atoms with E-state index in [1.54, 1.807) is 16.7 Å². The monoisotopic (exact) mass is 295 g/mol. The van der Waals surface area contributed by atoms with Crippen LogP contribution in [-0.2, 0) is 17.8 Å². The van der Waals surface area contributed by atoms with Gasteiger partial charge in [-0.05, 0) is 23.4 Å². The van der Waals surface area contributed by atoms with Crippen LogP contribution in [0.15, 0.2) is 16.8 Å². The van der Waals surface area contributed by atoms with Crippen LogP contribution >= 0.6 is 22.7 Å². The largest absolute Gasteiger partial charge is 0.480 e. The van der Waals surface area contributed by atoms with E-state index in [2.05, 4.69) is 21.3 Å². The lowest BCUT2D eigenvalue weighted by Gasteiger charge is -2.26. The highest BCUT2D eigenvalue weighted by Crippen LogP contribution is 2.30. The van der Waals surface area contributed by atoms with Crippen molar-refractivity contribution in [3.05, 3.63) is 33.0 Å². The van der Waals surface area contributed by atoms with Crippen molar-refractivity contribution >= 4 is 33.8 Å². The lowest BCUT2D eigenvalue weighted by Crippen LogP contribution is -2.29. The number of rotatable bonds is 3. The first kappa shape index (κ1) is 12.6. The zero-order valence-corrected chi connectivity index (χ0v) is 11.7. The molecule has 2 aromatic heterocycles. The van der Waals surface area contributed by atoms with Crippen LogP contribution in [0.25, 0.3) is 0 Å². The molecule has 1 atom stereocenters. The number of aromatic nitrogens is 1. The second-order valence-electron chi connectivity index (χ2n) is 4.41. The summed E-state index contributed by atoms with van der Waals surface area (Å²) in [6.07, 6.45) is 1.02. The number of thiophene rings is 1. The minimum absolute atomic E-state index is 0.434. The lowest BCUT2D eigenvalue weighted by atomic mass is 10.1. The summed E-state index contributed by atoms with van der Waals surface area (Å²) >= 11 is 3.25. The first-order valence-electron chi connectivity index (χ1n) is 5.89. The second-order valence-corrected chi connectivity index (χ2v) is 6.25. The highest BCUT2D eigenvalue weighted by molar-refractivity contribution is 7.13. The molecule has 0 radical (unpaired) electrons. The summed E-state index contributed by atoms with van der Waals surface area (Å²) in [7, 11) is 0. The van der Waals surface area contributed by atoms with Crippen molar-refractivity contribution in [2.24, 2.45) is 5.73 Å². The summed E-state index contributed by atoms with van der Waals surface area (Å²) in [5, 5.41) is 13.6. The quantitative estimate of drug-likeness (QED) is 0.903. The summed E-state index contributed by atoms with van der Waals surface area (Å²) < 4.78 is 0. The van der Waals surface area contributed by atoms with E-state index in [0.29, 0.717) is 5.69 Å².